The van der Waals surface area contributed by atoms with Crippen LogP contribution in [0.15, 0.2) is 37.1 Å². The maximum absolute atomic E-state index is 11.8. The maximum atomic E-state index is 11.8. The van der Waals surface area contributed by atoms with Gasteiger partial charge in [-0.15, -0.1) is 11.3 Å². The van der Waals surface area contributed by atoms with E-state index in [4.69, 9.17) is 4.42 Å². The molecule has 2 aromatic heterocycles. The van der Waals surface area contributed by atoms with Crippen LogP contribution in [0, 0.1) is 0 Å². The van der Waals surface area contributed by atoms with E-state index >= 15 is 0 Å². The van der Waals surface area contributed by atoms with Crippen molar-refractivity contribution in [1.29, 1.82) is 0 Å². The Morgan fingerprint density at radius 3 is 2.67 bits per heavy atom. The van der Waals surface area contributed by atoms with Crippen LogP contribution in [-0.4, -0.2) is 5.78 Å². The maximum Gasteiger partial charge on any atom is 0.204 e. The number of furan rings is 1. The van der Waals surface area contributed by atoms with Crippen molar-refractivity contribution in [1.82, 2.24) is 0 Å². The van der Waals surface area contributed by atoms with E-state index in [2.05, 4.69) is 31.9 Å². The molecule has 15 heavy (non-hydrogen) atoms. The summed E-state index contributed by atoms with van der Waals surface area (Å²) < 4.78 is 6.84. The number of rotatable bonds is 3. The molecule has 0 spiro atoms. The summed E-state index contributed by atoms with van der Waals surface area (Å²) in [5.41, 5.74) is 0. The molecule has 0 radical (unpaired) electrons. The third kappa shape index (κ3) is 2.59. The molecule has 0 aliphatic heterocycles. The predicted octanol–water partition coefficient (Wildman–Crippen LogP) is 4.29. The van der Waals surface area contributed by atoms with Crippen LogP contribution < -0.4 is 0 Å². The van der Waals surface area contributed by atoms with Gasteiger partial charge in [-0.2, -0.15) is 0 Å². The summed E-state index contributed by atoms with van der Waals surface area (Å²) >= 11 is 8.18. The van der Waals surface area contributed by atoms with Crippen LogP contribution in [-0.2, 0) is 6.42 Å². The Morgan fingerprint density at radius 2 is 2.13 bits per heavy atom. The zero-order valence-electron chi connectivity index (χ0n) is 7.50. The molecule has 2 aromatic rings. The molecular weight excluding hydrogens is 344 g/mol. The summed E-state index contributed by atoms with van der Waals surface area (Å²) in [6, 6.07) is 5.59. The first-order valence-electron chi connectivity index (χ1n) is 4.17. The second-order valence-corrected chi connectivity index (χ2v) is 6.31. The second kappa shape index (κ2) is 4.63. The zero-order valence-corrected chi connectivity index (χ0v) is 11.5. The van der Waals surface area contributed by atoms with E-state index in [1.807, 2.05) is 12.1 Å². The van der Waals surface area contributed by atoms with Crippen molar-refractivity contribution in [3.63, 3.8) is 0 Å². The quantitative estimate of drug-likeness (QED) is 0.773. The SMILES string of the molecule is O=C(Cc1ccc(Br)s1)c1occc1Br. The number of halogens is 2. The van der Waals surface area contributed by atoms with Crippen molar-refractivity contribution in [3.05, 3.63) is 43.4 Å². The first-order valence-corrected chi connectivity index (χ1v) is 6.57. The number of hydrogen-bond donors (Lipinski definition) is 0. The lowest BCUT2D eigenvalue weighted by atomic mass is 10.2. The minimum atomic E-state index is -0.0128. The third-order valence-electron chi connectivity index (χ3n) is 1.83. The molecule has 0 bridgehead atoms. The van der Waals surface area contributed by atoms with Crippen LogP contribution in [0.5, 0.6) is 0 Å². The molecule has 0 saturated heterocycles. The van der Waals surface area contributed by atoms with E-state index in [9.17, 15) is 4.79 Å². The number of thiophene rings is 1. The highest BCUT2D eigenvalue weighted by molar-refractivity contribution is 9.11. The molecule has 0 unspecified atom stereocenters. The first kappa shape index (κ1) is 11.1. The Hall–Kier alpha value is -0.390. The van der Waals surface area contributed by atoms with Crippen molar-refractivity contribution < 1.29 is 9.21 Å². The van der Waals surface area contributed by atoms with Gasteiger partial charge in [0.25, 0.3) is 0 Å². The predicted molar refractivity (Wildman–Crippen MR) is 66.5 cm³/mol. The lowest BCUT2D eigenvalue weighted by molar-refractivity contribution is 0.0966. The Balaban J connectivity index is 2.14. The lowest BCUT2D eigenvalue weighted by Gasteiger charge is -1.95. The summed E-state index contributed by atoms with van der Waals surface area (Å²) in [5.74, 6) is 0.376. The van der Waals surface area contributed by atoms with Gasteiger partial charge in [0.2, 0.25) is 5.78 Å². The van der Waals surface area contributed by atoms with Gasteiger partial charge < -0.3 is 4.42 Å². The van der Waals surface area contributed by atoms with Crippen molar-refractivity contribution in [2.75, 3.05) is 0 Å². The Morgan fingerprint density at radius 1 is 1.33 bits per heavy atom. The van der Waals surface area contributed by atoms with Crippen molar-refractivity contribution in [2.45, 2.75) is 6.42 Å². The van der Waals surface area contributed by atoms with Gasteiger partial charge in [-0.05, 0) is 50.1 Å². The molecule has 0 atom stereocenters. The van der Waals surface area contributed by atoms with E-state index in [-0.39, 0.29) is 5.78 Å². The molecule has 5 heteroatoms. The standard InChI is InChI=1S/C10H6Br2O2S/c11-7-3-4-14-10(7)8(13)5-6-1-2-9(12)15-6/h1-4H,5H2. The van der Waals surface area contributed by atoms with E-state index in [1.54, 1.807) is 17.4 Å². The summed E-state index contributed by atoms with van der Waals surface area (Å²) in [6.07, 6.45) is 1.88. The third-order valence-corrected chi connectivity index (χ3v) is 4.08. The van der Waals surface area contributed by atoms with Gasteiger partial charge in [0, 0.05) is 11.3 Å². The first-order chi connectivity index (χ1) is 7.16. The summed E-state index contributed by atoms with van der Waals surface area (Å²) in [7, 11) is 0. The van der Waals surface area contributed by atoms with Gasteiger partial charge in [0.1, 0.15) is 0 Å². The van der Waals surface area contributed by atoms with Gasteiger partial charge >= 0.3 is 0 Å². The van der Waals surface area contributed by atoms with Crippen LogP contribution in [0.1, 0.15) is 15.4 Å². The van der Waals surface area contributed by atoms with E-state index < -0.39 is 0 Å². The molecule has 0 amide bonds. The van der Waals surface area contributed by atoms with Crippen molar-refractivity contribution in [3.8, 4) is 0 Å². The fraction of sp³-hybridized carbons (Fsp3) is 0.100. The number of carbonyl (C=O) groups excluding carboxylic acids is 1. The lowest BCUT2D eigenvalue weighted by Crippen LogP contribution is -2.01. The molecular formula is C10H6Br2O2S. The monoisotopic (exact) mass is 348 g/mol. The van der Waals surface area contributed by atoms with Crippen LogP contribution in [0.3, 0.4) is 0 Å². The molecule has 78 valence electrons. The average molecular weight is 350 g/mol. The highest BCUT2D eigenvalue weighted by Crippen LogP contribution is 2.25. The molecule has 2 rings (SSSR count). The minimum absolute atomic E-state index is 0.0128. The Labute approximate surface area is 108 Å². The van der Waals surface area contributed by atoms with Crippen LogP contribution in [0.4, 0.5) is 0 Å². The summed E-state index contributed by atoms with van der Waals surface area (Å²) in [5, 5.41) is 0. The Bertz CT molecular complexity index is 487. The zero-order chi connectivity index (χ0) is 10.8. The molecule has 0 aromatic carbocycles. The topological polar surface area (TPSA) is 30.2 Å². The van der Waals surface area contributed by atoms with Gasteiger partial charge in [-0.25, -0.2) is 0 Å². The normalized spacial score (nSPS) is 10.5. The van der Waals surface area contributed by atoms with Crippen molar-refractivity contribution in [2.24, 2.45) is 0 Å². The summed E-state index contributed by atoms with van der Waals surface area (Å²) in [6.45, 7) is 0. The average Bonchev–Trinajstić information content (AvgIpc) is 2.75. The smallest absolute Gasteiger partial charge is 0.204 e. The highest BCUT2D eigenvalue weighted by Gasteiger charge is 2.14. The highest BCUT2D eigenvalue weighted by atomic mass is 79.9. The van der Waals surface area contributed by atoms with Crippen LogP contribution >= 0.6 is 43.2 Å². The van der Waals surface area contributed by atoms with Gasteiger partial charge in [0.05, 0.1) is 14.5 Å². The molecule has 0 aliphatic carbocycles. The van der Waals surface area contributed by atoms with Gasteiger partial charge in [-0.1, -0.05) is 0 Å². The molecule has 0 N–H and O–H groups in total. The van der Waals surface area contributed by atoms with Crippen molar-refractivity contribution >= 4 is 49.0 Å². The van der Waals surface area contributed by atoms with E-state index in [0.717, 1.165) is 8.66 Å². The Kier molecular flexibility index (Phi) is 3.43. The van der Waals surface area contributed by atoms with Gasteiger partial charge in [-0.3, -0.25) is 4.79 Å². The number of hydrogen-bond acceptors (Lipinski definition) is 3. The minimum Gasteiger partial charge on any atom is -0.460 e. The van der Waals surface area contributed by atoms with Crippen LogP contribution in [0.2, 0.25) is 0 Å². The summed E-state index contributed by atoms with van der Waals surface area (Å²) in [4.78, 5) is 12.8. The molecule has 2 nitrogen and oxygen atoms in total. The fourth-order valence-electron chi connectivity index (χ4n) is 1.18. The largest absolute Gasteiger partial charge is 0.460 e. The van der Waals surface area contributed by atoms with Gasteiger partial charge in [0.15, 0.2) is 5.76 Å². The number of Topliss-reactive ketones (excluding diaryl/α,β-unsaturated/α-hetero) is 1. The fourth-order valence-corrected chi connectivity index (χ4v) is 3.08. The molecule has 2 heterocycles. The molecule has 0 saturated carbocycles. The van der Waals surface area contributed by atoms with E-state index in [0.29, 0.717) is 16.7 Å². The van der Waals surface area contributed by atoms with Crippen LogP contribution in [0.25, 0.3) is 0 Å². The second-order valence-electron chi connectivity index (χ2n) is 2.90. The number of carbonyl (C=O) groups is 1. The molecule has 0 aliphatic rings. The molecule has 0 fully saturated rings. The number of ketones is 1. The van der Waals surface area contributed by atoms with E-state index in [1.165, 1.54) is 6.26 Å².